The van der Waals surface area contributed by atoms with Crippen molar-refractivity contribution in [3.05, 3.63) is 53.6 Å². The molecule has 5 rings (SSSR count). The van der Waals surface area contributed by atoms with Gasteiger partial charge in [-0.3, -0.25) is 9.11 Å². The third kappa shape index (κ3) is 6.31. The number of hydrogen-bond donors (Lipinski definition) is 9. The molecule has 0 aliphatic rings. The highest BCUT2D eigenvalue weighted by atomic mass is 35.5. The van der Waals surface area contributed by atoms with Gasteiger partial charge in [-0.05, 0) is 48.9 Å². The van der Waals surface area contributed by atoms with Gasteiger partial charge in [-0.1, -0.05) is 6.07 Å². The van der Waals surface area contributed by atoms with Crippen molar-refractivity contribution in [3.8, 4) is 11.5 Å². The Morgan fingerprint density at radius 1 is 0.783 bits per heavy atom. The lowest BCUT2D eigenvalue weighted by atomic mass is 10.1. The molecule has 0 aliphatic heterocycles. The number of nitrogens with two attached hydrogens (primary N) is 1. The zero-order valence-corrected chi connectivity index (χ0v) is 25.9. The summed E-state index contributed by atoms with van der Waals surface area (Å²) in [6, 6.07) is 7.32. The fourth-order valence-corrected chi connectivity index (χ4v) is 6.85. The van der Waals surface area contributed by atoms with Crippen LogP contribution in [0.5, 0.6) is 11.5 Å². The fraction of sp³-hybridized carbons (Fsp3) is 0.0417. The molecule has 1 aromatic heterocycles. The molecule has 22 heteroatoms. The highest BCUT2D eigenvalue weighted by Crippen LogP contribution is 2.53. The van der Waals surface area contributed by atoms with Gasteiger partial charge >= 0.3 is 0 Å². The second-order valence-corrected chi connectivity index (χ2v) is 14.0. The van der Waals surface area contributed by atoms with Gasteiger partial charge in [0.05, 0.1) is 16.0 Å². The summed E-state index contributed by atoms with van der Waals surface area (Å²) < 4.78 is 97.3. The second-order valence-electron chi connectivity index (χ2n) is 9.41. The summed E-state index contributed by atoms with van der Waals surface area (Å²) in [6.07, 6.45) is 0. The van der Waals surface area contributed by atoms with Crippen LogP contribution in [0.2, 0.25) is 5.28 Å². The summed E-state index contributed by atoms with van der Waals surface area (Å²) in [5, 5.41) is 31.0. The van der Waals surface area contributed by atoms with Crippen LogP contribution in [0.15, 0.2) is 67.4 Å². The number of aryl methyl sites for hydroxylation is 1. The Kier molecular flexibility index (Phi) is 8.17. The summed E-state index contributed by atoms with van der Waals surface area (Å²) in [5.74, 6) is -1.36. The molecule has 18 nitrogen and oxygen atoms in total. The van der Waals surface area contributed by atoms with Crippen LogP contribution in [0.3, 0.4) is 0 Å². The number of rotatable bonds is 7. The Labute approximate surface area is 264 Å². The molecule has 0 atom stereocenters. The Bertz CT molecular complexity index is 2330. The minimum atomic E-state index is -5.05. The number of phenols is 2. The van der Waals surface area contributed by atoms with Crippen molar-refractivity contribution in [2.75, 3.05) is 11.1 Å². The van der Waals surface area contributed by atoms with E-state index in [-0.39, 0.29) is 44.6 Å². The first-order valence-electron chi connectivity index (χ1n) is 12.2. The number of azo groups is 1. The average Bonchev–Trinajstić information content (AvgIpc) is 2.90. The molecule has 46 heavy (non-hydrogen) atoms. The van der Waals surface area contributed by atoms with Gasteiger partial charge in [0.15, 0.2) is 5.75 Å². The molecule has 0 bridgehead atoms. The number of aromatic nitrogens is 3. The molecule has 0 saturated heterocycles. The number of hydrogen-bond acceptors (Lipinski definition) is 16. The fourth-order valence-electron chi connectivity index (χ4n) is 4.47. The third-order valence-corrected chi connectivity index (χ3v) is 9.24. The van der Waals surface area contributed by atoms with Crippen LogP contribution >= 0.6 is 22.5 Å². The van der Waals surface area contributed by atoms with E-state index >= 15 is 0 Å². The van der Waals surface area contributed by atoms with Gasteiger partial charge < -0.3 is 34.9 Å². The lowest BCUT2D eigenvalue weighted by molar-refractivity contribution is 0.376. The van der Waals surface area contributed by atoms with E-state index in [0.717, 1.165) is 12.1 Å². The molecule has 0 spiro atoms. The highest BCUT2D eigenvalue weighted by molar-refractivity contribution is 8.19. The molecule has 10 N–H and O–H groups in total. The number of anilines is 3. The molecule has 0 saturated carbocycles. The number of phenolic OH excluding ortho intramolecular Hbond substituents is 2. The van der Waals surface area contributed by atoms with Crippen molar-refractivity contribution in [3.63, 3.8) is 0 Å². The van der Waals surface area contributed by atoms with Crippen LogP contribution in [0.1, 0.15) is 5.82 Å². The number of fused-ring (bicyclic) bond motifs is 2. The molecule has 0 fully saturated rings. The normalized spacial score (nSPS) is 13.1. The molecule has 0 amide bonds. The SMILES string of the molecule is Cc1nc(Cl)nc(Nc2ccc3c(N=Nc4ccc5c(S(=O)(=O)O)cc(S(O)(O)O)c(N)c5c4O)c(O)cc(S(=O)(=O)O)c3c2)n1. The molecule has 0 radical (unpaired) electrons. The van der Waals surface area contributed by atoms with Crippen LogP contribution in [0.4, 0.5) is 28.7 Å². The smallest absolute Gasteiger partial charge is 0.295 e. The van der Waals surface area contributed by atoms with E-state index in [1.807, 2.05) is 0 Å². The van der Waals surface area contributed by atoms with Crippen molar-refractivity contribution >= 4 is 93.0 Å². The van der Waals surface area contributed by atoms with Crippen molar-refractivity contribution in [1.82, 2.24) is 15.0 Å². The van der Waals surface area contributed by atoms with E-state index in [0.29, 0.717) is 12.1 Å². The molecule has 242 valence electrons. The van der Waals surface area contributed by atoms with Crippen molar-refractivity contribution < 1.29 is 49.8 Å². The van der Waals surface area contributed by atoms with Gasteiger partial charge in [-0.15, -0.1) is 10.2 Å². The summed E-state index contributed by atoms with van der Waals surface area (Å²) in [7, 11) is -14.6. The van der Waals surface area contributed by atoms with Gasteiger partial charge in [0, 0.05) is 27.9 Å². The second kappa shape index (κ2) is 11.4. The quantitative estimate of drug-likeness (QED) is 0.0581. The summed E-state index contributed by atoms with van der Waals surface area (Å²) >= 11 is 5.87. The molecule has 4 aromatic carbocycles. The lowest BCUT2D eigenvalue weighted by Crippen LogP contribution is -2.07. The highest BCUT2D eigenvalue weighted by Gasteiger charge is 2.29. The van der Waals surface area contributed by atoms with E-state index in [9.17, 15) is 49.8 Å². The van der Waals surface area contributed by atoms with E-state index in [4.69, 9.17) is 17.3 Å². The Morgan fingerprint density at radius 2 is 1.41 bits per heavy atom. The van der Waals surface area contributed by atoms with Crippen LogP contribution < -0.4 is 11.1 Å². The predicted molar refractivity (Wildman–Crippen MR) is 166 cm³/mol. The first-order chi connectivity index (χ1) is 21.3. The first-order valence-corrected chi connectivity index (χ1v) is 16.9. The number of nitrogens with one attached hydrogen (secondary N) is 1. The minimum absolute atomic E-state index is 0.0118. The zero-order chi connectivity index (χ0) is 33.9. The number of aromatic hydroxyl groups is 2. The van der Waals surface area contributed by atoms with E-state index < -0.39 is 74.1 Å². The number of halogens is 1. The largest absolute Gasteiger partial charge is 0.506 e. The molecular formula is C24H20ClN7O11S3. The van der Waals surface area contributed by atoms with Crippen LogP contribution in [0, 0.1) is 6.92 Å². The van der Waals surface area contributed by atoms with E-state index in [1.165, 1.54) is 18.2 Å². The topological polar surface area (TPSA) is 311 Å². The van der Waals surface area contributed by atoms with Crippen LogP contribution in [-0.4, -0.2) is 64.8 Å². The predicted octanol–water partition coefficient (Wildman–Crippen LogP) is 5.37. The monoisotopic (exact) mass is 713 g/mol. The first kappa shape index (κ1) is 32.9. The zero-order valence-electron chi connectivity index (χ0n) is 22.7. The molecule has 5 aromatic rings. The maximum absolute atomic E-state index is 12.2. The van der Waals surface area contributed by atoms with Gasteiger partial charge in [-0.2, -0.15) is 26.8 Å². The summed E-state index contributed by atoms with van der Waals surface area (Å²) in [5.41, 5.74) is 4.69. The van der Waals surface area contributed by atoms with Gasteiger partial charge in [0.25, 0.3) is 20.2 Å². The third-order valence-electron chi connectivity index (χ3n) is 6.35. The van der Waals surface area contributed by atoms with Gasteiger partial charge in [0.1, 0.15) is 43.6 Å². The number of nitrogens with zero attached hydrogens (tertiary/aromatic N) is 5. The van der Waals surface area contributed by atoms with E-state index in [2.05, 4.69) is 30.5 Å². The number of nitrogen functional groups attached to an aromatic ring is 1. The maximum Gasteiger partial charge on any atom is 0.295 e. The summed E-state index contributed by atoms with van der Waals surface area (Å²) in [6.45, 7) is 1.56. The molecule has 1 heterocycles. The van der Waals surface area contributed by atoms with Crippen molar-refractivity contribution in [2.45, 2.75) is 21.6 Å². The molecular weight excluding hydrogens is 694 g/mol. The Morgan fingerprint density at radius 3 is 2.02 bits per heavy atom. The summed E-state index contributed by atoms with van der Waals surface area (Å²) in [4.78, 5) is 9.28. The van der Waals surface area contributed by atoms with E-state index in [1.54, 1.807) is 6.92 Å². The average molecular weight is 714 g/mol. The number of benzene rings is 4. The van der Waals surface area contributed by atoms with Crippen molar-refractivity contribution in [2.24, 2.45) is 10.2 Å². The van der Waals surface area contributed by atoms with Gasteiger partial charge in [0.2, 0.25) is 11.2 Å². The van der Waals surface area contributed by atoms with Crippen LogP contribution in [-0.2, 0) is 20.2 Å². The lowest BCUT2D eigenvalue weighted by Gasteiger charge is -2.23. The molecule has 0 aliphatic carbocycles. The molecule has 0 unspecified atom stereocenters. The standard InChI is InChI=1S/C24H20ClN7O11S3/c1-9-27-23(25)30-24(28-9)29-10-2-3-11-13(6-10)16(44(35,36)37)7-15(33)21(11)32-31-14-5-4-12-17(45(38,39)40)8-18(46(41,42)43)20(26)19(12)22(14)34/h2-8,33-34,41-43H,26H2,1H3,(H,35,36,37)(H,38,39,40)(H,27,28,29,30). The minimum Gasteiger partial charge on any atom is -0.506 e. The van der Waals surface area contributed by atoms with Crippen molar-refractivity contribution in [1.29, 1.82) is 0 Å². The Hall–Kier alpha value is -4.45. The van der Waals surface area contributed by atoms with Crippen LogP contribution in [0.25, 0.3) is 21.5 Å². The maximum atomic E-state index is 12.2. The van der Waals surface area contributed by atoms with Gasteiger partial charge in [-0.25, -0.2) is 4.98 Å². The Balaban J connectivity index is 1.69.